The third-order valence-corrected chi connectivity index (χ3v) is 5.53. The van der Waals surface area contributed by atoms with Gasteiger partial charge in [-0.05, 0) is 18.4 Å². The maximum atomic E-state index is 12.8. The van der Waals surface area contributed by atoms with Gasteiger partial charge >= 0.3 is 0 Å². The van der Waals surface area contributed by atoms with Crippen molar-refractivity contribution in [2.75, 3.05) is 6.54 Å². The van der Waals surface area contributed by atoms with E-state index in [-0.39, 0.29) is 23.8 Å². The van der Waals surface area contributed by atoms with E-state index in [9.17, 15) is 4.79 Å². The number of aryl methyl sites for hydroxylation is 1. The summed E-state index contributed by atoms with van der Waals surface area (Å²) < 4.78 is 5.38. The van der Waals surface area contributed by atoms with E-state index in [1.807, 2.05) is 11.0 Å². The molecule has 0 radical (unpaired) electrons. The molecule has 1 aromatic carbocycles. The van der Waals surface area contributed by atoms with Gasteiger partial charge in [0.15, 0.2) is 0 Å². The summed E-state index contributed by atoms with van der Waals surface area (Å²) in [5.74, 6) is 1.00. The molecular weight excluding hydrogens is 302 g/mol. The number of carbonyl (C=O) groups excluding carboxylic acids is 1. The van der Waals surface area contributed by atoms with Gasteiger partial charge in [0.05, 0.1) is 6.04 Å². The molecule has 126 valence electrons. The minimum Gasteiger partial charge on any atom is -0.425 e. The lowest BCUT2D eigenvalue weighted by molar-refractivity contribution is -0.160. The van der Waals surface area contributed by atoms with Crippen LogP contribution in [0.2, 0.25) is 0 Å². The van der Waals surface area contributed by atoms with Crippen LogP contribution in [0, 0.1) is 12.3 Å². The number of rotatable bonds is 3. The van der Waals surface area contributed by atoms with Gasteiger partial charge in [0.1, 0.15) is 6.42 Å². The molecule has 2 aliphatic rings. The van der Waals surface area contributed by atoms with Crippen molar-refractivity contribution in [2.45, 2.75) is 51.5 Å². The molecule has 5 heteroatoms. The second-order valence-corrected chi connectivity index (χ2v) is 7.15. The zero-order valence-corrected chi connectivity index (χ0v) is 14.1. The topological polar surface area (TPSA) is 59.2 Å². The second kappa shape index (κ2) is 6.04. The maximum Gasteiger partial charge on any atom is 0.232 e. The summed E-state index contributed by atoms with van der Waals surface area (Å²) >= 11 is 0. The molecule has 1 spiro atoms. The fraction of sp³-hybridized carbons (Fsp3) is 0.526. The van der Waals surface area contributed by atoms with Gasteiger partial charge in [-0.15, -0.1) is 10.2 Å². The Morgan fingerprint density at radius 1 is 1.21 bits per heavy atom. The first-order valence-corrected chi connectivity index (χ1v) is 8.81. The van der Waals surface area contributed by atoms with E-state index in [0.29, 0.717) is 11.8 Å². The van der Waals surface area contributed by atoms with Gasteiger partial charge in [-0.2, -0.15) is 0 Å². The molecular formula is C19H23N3O2. The summed E-state index contributed by atoms with van der Waals surface area (Å²) in [6.07, 6.45) is 6.49. The lowest BCUT2D eigenvalue weighted by Gasteiger charge is -2.59. The van der Waals surface area contributed by atoms with E-state index in [2.05, 4.69) is 34.5 Å². The van der Waals surface area contributed by atoms with Gasteiger partial charge in [-0.25, -0.2) is 0 Å². The minimum atomic E-state index is 0.0868. The summed E-state index contributed by atoms with van der Waals surface area (Å²) in [5, 5.41) is 7.78. The lowest BCUT2D eigenvalue weighted by atomic mass is 9.61. The van der Waals surface area contributed by atoms with Gasteiger partial charge < -0.3 is 9.32 Å². The monoisotopic (exact) mass is 325 g/mol. The van der Waals surface area contributed by atoms with Gasteiger partial charge in [-0.3, -0.25) is 4.79 Å². The molecule has 5 nitrogen and oxygen atoms in total. The first-order valence-electron chi connectivity index (χ1n) is 8.81. The maximum absolute atomic E-state index is 12.8. The number of hydrogen-bond donors (Lipinski definition) is 0. The number of hydrogen-bond acceptors (Lipinski definition) is 4. The molecule has 24 heavy (non-hydrogen) atoms. The van der Waals surface area contributed by atoms with Crippen LogP contribution in [0.15, 0.2) is 34.7 Å². The molecule has 0 N–H and O–H groups in total. The van der Waals surface area contributed by atoms with Gasteiger partial charge in [-0.1, -0.05) is 49.6 Å². The molecule has 2 heterocycles. The van der Waals surface area contributed by atoms with Crippen molar-refractivity contribution < 1.29 is 9.21 Å². The van der Waals surface area contributed by atoms with Crippen molar-refractivity contribution in [3.8, 4) is 0 Å². The van der Waals surface area contributed by atoms with Crippen molar-refractivity contribution in [1.29, 1.82) is 0 Å². The number of benzene rings is 1. The molecule has 1 amide bonds. The Morgan fingerprint density at radius 2 is 1.96 bits per heavy atom. The van der Waals surface area contributed by atoms with Crippen molar-refractivity contribution in [2.24, 2.45) is 5.41 Å². The smallest absolute Gasteiger partial charge is 0.232 e. The summed E-state index contributed by atoms with van der Waals surface area (Å²) in [6.45, 7) is 2.60. The number of aromatic nitrogens is 2. The minimum absolute atomic E-state index is 0.0868. The summed E-state index contributed by atoms with van der Waals surface area (Å²) in [6, 6.07) is 10.6. The summed E-state index contributed by atoms with van der Waals surface area (Å²) in [5.41, 5.74) is 1.51. The van der Waals surface area contributed by atoms with Crippen molar-refractivity contribution >= 4 is 5.91 Å². The van der Waals surface area contributed by atoms with Crippen LogP contribution >= 0.6 is 0 Å². The van der Waals surface area contributed by atoms with Crippen LogP contribution in [-0.4, -0.2) is 27.5 Å². The molecule has 4 rings (SSSR count). The summed E-state index contributed by atoms with van der Waals surface area (Å²) in [7, 11) is 0. The largest absolute Gasteiger partial charge is 0.425 e. The van der Waals surface area contributed by atoms with Crippen LogP contribution in [0.25, 0.3) is 0 Å². The molecule has 1 aliphatic carbocycles. The Labute approximate surface area is 142 Å². The van der Waals surface area contributed by atoms with Crippen LogP contribution in [0.5, 0.6) is 0 Å². The van der Waals surface area contributed by atoms with Crippen LogP contribution in [0.1, 0.15) is 55.5 Å². The highest BCUT2D eigenvalue weighted by Crippen LogP contribution is 2.56. The molecule has 1 saturated heterocycles. The van der Waals surface area contributed by atoms with E-state index in [1.165, 1.54) is 37.7 Å². The van der Waals surface area contributed by atoms with Crippen LogP contribution < -0.4 is 0 Å². The van der Waals surface area contributed by atoms with Crippen LogP contribution in [0.4, 0.5) is 0 Å². The Hall–Kier alpha value is -2.17. The number of amides is 1. The van der Waals surface area contributed by atoms with Crippen molar-refractivity contribution in [1.82, 2.24) is 15.1 Å². The van der Waals surface area contributed by atoms with E-state index < -0.39 is 0 Å². The zero-order chi connectivity index (χ0) is 16.6. The first kappa shape index (κ1) is 15.4. The Balaban J connectivity index is 1.57. The van der Waals surface area contributed by atoms with E-state index in [1.54, 1.807) is 6.92 Å². The molecule has 1 saturated carbocycles. The van der Waals surface area contributed by atoms with Gasteiger partial charge in [0.25, 0.3) is 0 Å². The predicted molar refractivity (Wildman–Crippen MR) is 89.2 cm³/mol. The predicted octanol–water partition coefficient (Wildman–Crippen LogP) is 3.45. The Bertz CT molecular complexity index is 719. The molecule has 2 aromatic rings. The molecule has 1 atom stereocenters. The quantitative estimate of drug-likeness (QED) is 0.867. The average Bonchev–Trinajstić information content (AvgIpc) is 2.99. The van der Waals surface area contributed by atoms with E-state index >= 15 is 0 Å². The van der Waals surface area contributed by atoms with E-state index in [0.717, 1.165) is 6.54 Å². The van der Waals surface area contributed by atoms with Crippen molar-refractivity contribution in [3.63, 3.8) is 0 Å². The Morgan fingerprint density at radius 3 is 2.62 bits per heavy atom. The van der Waals surface area contributed by atoms with E-state index in [4.69, 9.17) is 4.42 Å². The zero-order valence-electron chi connectivity index (χ0n) is 14.1. The highest BCUT2D eigenvalue weighted by Gasteiger charge is 2.54. The van der Waals surface area contributed by atoms with Gasteiger partial charge in [0, 0.05) is 18.9 Å². The highest BCUT2D eigenvalue weighted by atomic mass is 16.4. The SMILES string of the molecule is Cc1nnc(CC(=O)N2CC3(CCCCC3)C2c2ccccc2)o1. The fourth-order valence-corrected chi connectivity index (χ4v) is 4.46. The third-order valence-electron chi connectivity index (χ3n) is 5.53. The molecule has 0 bridgehead atoms. The number of carbonyl (C=O) groups is 1. The molecule has 1 aromatic heterocycles. The highest BCUT2D eigenvalue weighted by molar-refractivity contribution is 5.79. The van der Waals surface area contributed by atoms with Crippen molar-refractivity contribution in [3.05, 3.63) is 47.7 Å². The third kappa shape index (κ3) is 2.62. The Kier molecular flexibility index (Phi) is 3.87. The molecule has 1 unspecified atom stereocenters. The van der Waals surface area contributed by atoms with Crippen LogP contribution in [-0.2, 0) is 11.2 Å². The number of likely N-dealkylation sites (tertiary alicyclic amines) is 1. The summed E-state index contributed by atoms with van der Waals surface area (Å²) in [4.78, 5) is 14.8. The normalized spacial score (nSPS) is 22.4. The molecule has 2 fully saturated rings. The fourth-order valence-electron chi connectivity index (χ4n) is 4.46. The van der Waals surface area contributed by atoms with Crippen LogP contribution in [0.3, 0.4) is 0 Å². The molecule has 1 aliphatic heterocycles. The standard InChI is InChI=1S/C19H23N3O2/c1-14-20-21-16(24-14)12-17(23)22-13-19(10-6-3-7-11-19)18(22)15-8-4-2-5-9-15/h2,4-5,8-9,18H,3,6-7,10-13H2,1H3. The number of nitrogens with zero attached hydrogens (tertiary/aromatic N) is 3. The average molecular weight is 325 g/mol. The lowest BCUT2D eigenvalue weighted by Crippen LogP contribution is -2.61. The first-order chi connectivity index (χ1) is 11.7. The second-order valence-electron chi connectivity index (χ2n) is 7.15. The van der Waals surface area contributed by atoms with Gasteiger partial charge in [0.2, 0.25) is 17.7 Å².